The number of carbonyl (C=O) groups excluding carboxylic acids is 1. The van der Waals surface area contributed by atoms with Gasteiger partial charge >= 0.3 is 0 Å². The number of aromatic nitrogens is 3. The molecular formula is C23H24ClN5O2S. The molecule has 0 saturated carbocycles. The monoisotopic (exact) mass is 469 g/mol. The van der Waals surface area contributed by atoms with E-state index in [9.17, 15) is 10.1 Å². The van der Waals surface area contributed by atoms with Crippen molar-refractivity contribution >= 4 is 29.3 Å². The van der Waals surface area contributed by atoms with Crippen molar-refractivity contribution in [2.75, 3.05) is 12.9 Å². The van der Waals surface area contributed by atoms with Crippen LogP contribution in [0.5, 0.6) is 5.75 Å². The Morgan fingerprint density at radius 1 is 1.28 bits per heavy atom. The lowest BCUT2D eigenvalue weighted by Gasteiger charge is -2.27. The highest BCUT2D eigenvalue weighted by Gasteiger charge is 2.30. The van der Waals surface area contributed by atoms with Gasteiger partial charge in [0.1, 0.15) is 11.3 Å². The third kappa shape index (κ3) is 5.23. The summed E-state index contributed by atoms with van der Waals surface area (Å²) in [5.74, 6) is 1.12. The Labute approximate surface area is 196 Å². The molecule has 1 N–H and O–H groups in total. The van der Waals surface area contributed by atoms with Gasteiger partial charge in [0, 0.05) is 16.3 Å². The van der Waals surface area contributed by atoms with Crippen molar-refractivity contribution in [2.24, 2.45) is 5.92 Å². The van der Waals surface area contributed by atoms with Gasteiger partial charge in [-0.15, -0.1) is 10.2 Å². The highest BCUT2D eigenvalue weighted by Crippen LogP contribution is 2.30. The van der Waals surface area contributed by atoms with Crippen LogP contribution in [0.4, 0.5) is 0 Å². The minimum absolute atomic E-state index is 0.0289. The van der Waals surface area contributed by atoms with Crippen LogP contribution >= 0.6 is 23.4 Å². The standard InChI is InChI=1S/C23H24ClN5O2S/c1-15(2)23(3,14-25)26-20(30)13-32-22-28-27-21(16-6-5-7-19(12-16)31-4)29(22)18-10-8-17(24)9-11-18/h5-12,15H,13H2,1-4H3,(H,26,30)/t23-/m0/s1. The molecule has 1 aromatic heterocycles. The average Bonchev–Trinajstić information content (AvgIpc) is 3.22. The summed E-state index contributed by atoms with van der Waals surface area (Å²) < 4.78 is 7.21. The Morgan fingerprint density at radius 3 is 2.62 bits per heavy atom. The molecule has 1 heterocycles. The number of halogens is 1. The second-order valence-electron chi connectivity index (χ2n) is 7.66. The van der Waals surface area contributed by atoms with Gasteiger partial charge < -0.3 is 10.1 Å². The predicted molar refractivity (Wildman–Crippen MR) is 126 cm³/mol. The van der Waals surface area contributed by atoms with Crippen LogP contribution < -0.4 is 10.1 Å². The van der Waals surface area contributed by atoms with Crippen molar-refractivity contribution < 1.29 is 9.53 Å². The van der Waals surface area contributed by atoms with E-state index >= 15 is 0 Å². The molecule has 9 heteroatoms. The molecule has 0 aliphatic heterocycles. The molecule has 3 aromatic rings. The fourth-order valence-corrected chi connectivity index (χ4v) is 3.77. The van der Waals surface area contributed by atoms with Gasteiger partial charge in [0.25, 0.3) is 0 Å². The molecule has 1 amide bonds. The summed E-state index contributed by atoms with van der Waals surface area (Å²) >= 11 is 7.32. The Hall–Kier alpha value is -3.02. The predicted octanol–water partition coefficient (Wildman–Crippen LogP) is 4.74. The quantitative estimate of drug-likeness (QED) is 0.479. The van der Waals surface area contributed by atoms with E-state index in [1.807, 2.05) is 54.8 Å². The zero-order chi connectivity index (χ0) is 23.3. The number of amides is 1. The molecule has 0 unspecified atom stereocenters. The zero-order valence-electron chi connectivity index (χ0n) is 18.3. The number of hydrogen-bond donors (Lipinski definition) is 1. The van der Waals surface area contributed by atoms with Crippen LogP contribution in [0.15, 0.2) is 53.7 Å². The molecule has 2 aromatic carbocycles. The number of ether oxygens (including phenoxy) is 1. The number of rotatable bonds is 8. The topological polar surface area (TPSA) is 92.8 Å². The van der Waals surface area contributed by atoms with Gasteiger partial charge in [-0.3, -0.25) is 9.36 Å². The van der Waals surface area contributed by atoms with E-state index in [1.165, 1.54) is 11.8 Å². The lowest BCUT2D eigenvalue weighted by molar-refractivity contribution is -0.120. The number of nitrogens with zero attached hydrogens (tertiary/aromatic N) is 4. The molecule has 7 nitrogen and oxygen atoms in total. The van der Waals surface area contributed by atoms with Crippen LogP contribution in [0.3, 0.4) is 0 Å². The summed E-state index contributed by atoms with van der Waals surface area (Å²) in [5.41, 5.74) is 0.692. The number of thioether (sulfide) groups is 1. The van der Waals surface area contributed by atoms with Crippen LogP contribution in [-0.2, 0) is 4.79 Å². The summed E-state index contributed by atoms with van der Waals surface area (Å²) in [6, 6.07) is 17.0. The Morgan fingerprint density at radius 2 is 2.00 bits per heavy atom. The fraction of sp³-hybridized carbons (Fsp3) is 0.304. The Bertz CT molecular complexity index is 1140. The van der Waals surface area contributed by atoms with Crippen molar-refractivity contribution in [3.63, 3.8) is 0 Å². The van der Waals surface area contributed by atoms with Crippen molar-refractivity contribution in [3.8, 4) is 28.9 Å². The number of methoxy groups -OCH3 is 1. The highest BCUT2D eigenvalue weighted by atomic mass is 35.5. The molecule has 0 radical (unpaired) electrons. The van der Waals surface area contributed by atoms with Gasteiger partial charge in [-0.2, -0.15) is 5.26 Å². The van der Waals surface area contributed by atoms with Crippen LogP contribution in [0.25, 0.3) is 17.1 Å². The van der Waals surface area contributed by atoms with Gasteiger partial charge in [-0.05, 0) is 49.2 Å². The summed E-state index contributed by atoms with van der Waals surface area (Å²) in [6.45, 7) is 5.51. The average molecular weight is 470 g/mol. The molecule has 0 saturated heterocycles. The number of nitriles is 1. The smallest absolute Gasteiger partial charge is 0.231 e. The molecule has 166 valence electrons. The molecular weight excluding hydrogens is 446 g/mol. The molecule has 0 aliphatic carbocycles. The molecule has 0 aliphatic rings. The normalized spacial score (nSPS) is 12.8. The Kier molecular flexibility index (Phi) is 7.44. The lowest BCUT2D eigenvalue weighted by Crippen LogP contribution is -2.49. The van der Waals surface area contributed by atoms with Gasteiger partial charge in [-0.25, -0.2) is 0 Å². The number of carbonyl (C=O) groups is 1. The Balaban J connectivity index is 1.93. The molecule has 1 atom stereocenters. The molecule has 0 fully saturated rings. The lowest BCUT2D eigenvalue weighted by atomic mass is 9.90. The molecule has 3 rings (SSSR count). The summed E-state index contributed by atoms with van der Waals surface area (Å²) in [7, 11) is 1.61. The number of benzene rings is 2. The first kappa shape index (κ1) is 23.6. The van der Waals surface area contributed by atoms with Gasteiger partial charge in [-0.1, -0.05) is 49.3 Å². The third-order valence-electron chi connectivity index (χ3n) is 5.16. The molecule has 0 spiro atoms. The first-order valence-corrected chi connectivity index (χ1v) is 11.3. The highest BCUT2D eigenvalue weighted by molar-refractivity contribution is 7.99. The molecule has 0 bridgehead atoms. The first-order valence-electron chi connectivity index (χ1n) is 9.98. The minimum Gasteiger partial charge on any atom is -0.497 e. The van der Waals surface area contributed by atoms with Crippen LogP contribution in [0.1, 0.15) is 20.8 Å². The van der Waals surface area contributed by atoms with Crippen molar-refractivity contribution in [1.29, 1.82) is 5.26 Å². The van der Waals surface area contributed by atoms with Gasteiger partial charge in [0.15, 0.2) is 11.0 Å². The zero-order valence-corrected chi connectivity index (χ0v) is 19.9. The van der Waals surface area contributed by atoms with E-state index in [0.29, 0.717) is 21.8 Å². The maximum absolute atomic E-state index is 12.6. The van der Waals surface area contributed by atoms with Crippen LogP contribution in [0.2, 0.25) is 5.02 Å². The number of hydrogen-bond acceptors (Lipinski definition) is 6. The van der Waals surface area contributed by atoms with E-state index in [0.717, 1.165) is 11.3 Å². The van der Waals surface area contributed by atoms with Crippen molar-refractivity contribution in [2.45, 2.75) is 31.5 Å². The minimum atomic E-state index is -0.937. The van der Waals surface area contributed by atoms with E-state index in [1.54, 1.807) is 26.2 Å². The maximum Gasteiger partial charge on any atom is 0.231 e. The summed E-state index contributed by atoms with van der Waals surface area (Å²) in [5, 5.41) is 22.1. The van der Waals surface area contributed by atoms with E-state index < -0.39 is 5.54 Å². The van der Waals surface area contributed by atoms with Crippen molar-refractivity contribution in [1.82, 2.24) is 20.1 Å². The first-order chi connectivity index (χ1) is 15.3. The van der Waals surface area contributed by atoms with Gasteiger partial charge in [0.05, 0.1) is 18.9 Å². The van der Waals surface area contributed by atoms with Crippen LogP contribution in [-0.4, -0.2) is 39.1 Å². The summed E-state index contributed by atoms with van der Waals surface area (Å²) in [6.07, 6.45) is 0. The maximum atomic E-state index is 12.6. The van der Waals surface area contributed by atoms with E-state index in [2.05, 4.69) is 21.6 Å². The van der Waals surface area contributed by atoms with E-state index in [-0.39, 0.29) is 17.6 Å². The van der Waals surface area contributed by atoms with E-state index in [4.69, 9.17) is 16.3 Å². The second-order valence-corrected chi connectivity index (χ2v) is 9.03. The fourth-order valence-electron chi connectivity index (χ4n) is 2.89. The largest absolute Gasteiger partial charge is 0.497 e. The third-order valence-corrected chi connectivity index (χ3v) is 6.35. The molecule has 32 heavy (non-hydrogen) atoms. The van der Waals surface area contributed by atoms with Gasteiger partial charge in [0.2, 0.25) is 5.91 Å². The van der Waals surface area contributed by atoms with Crippen LogP contribution in [0, 0.1) is 17.2 Å². The van der Waals surface area contributed by atoms with Crippen molar-refractivity contribution in [3.05, 3.63) is 53.6 Å². The SMILES string of the molecule is COc1cccc(-c2nnc(SCC(=O)N[C@@](C)(C#N)C(C)C)n2-c2ccc(Cl)cc2)c1. The second kappa shape index (κ2) is 10.1. The number of nitrogens with one attached hydrogen (secondary N) is 1. The summed E-state index contributed by atoms with van der Waals surface area (Å²) in [4.78, 5) is 12.6.